The Morgan fingerprint density at radius 2 is 1.64 bits per heavy atom. The van der Waals surface area contributed by atoms with Gasteiger partial charge in [0.05, 0.1) is 10.1 Å². The summed E-state index contributed by atoms with van der Waals surface area (Å²) < 4.78 is 30.4. The van der Waals surface area contributed by atoms with Crippen molar-refractivity contribution in [3.63, 3.8) is 0 Å². The fourth-order valence-corrected chi connectivity index (χ4v) is 1.47. The predicted molar refractivity (Wildman–Crippen MR) is 45.3 cm³/mol. The van der Waals surface area contributed by atoms with Gasteiger partial charge in [-0.3, -0.25) is 4.79 Å². The Balaban J connectivity index is 0. The number of carboxylic acids is 1. The van der Waals surface area contributed by atoms with Crippen molar-refractivity contribution >= 4 is 16.1 Å². The first-order valence-electron chi connectivity index (χ1n) is 4.07. The van der Waals surface area contributed by atoms with Gasteiger partial charge in [-0.1, -0.05) is 12.8 Å². The molecular formula is C7H13NaO5S. The van der Waals surface area contributed by atoms with Crippen LogP contribution in [0.2, 0.25) is 0 Å². The largest absolute Gasteiger partial charge is 1.00 e. The van der Waals surface area contributed by atoms with Gasteiger partial charge in [-0.15, -0.1) is 0 Å². The van der Waals surface area contributed by atoms with Gasteiger partial charge in [0.25, 0.3) is 0 Å². The molecule has 5 nitrogen and oxygen atoms in total. The molecule has 14 heavy (non-hydrogen) atoms. The zero-order chi connectivity index (χ0) is 10.3. The van der Waals surface area contributed by atoms with Gasteiger partial charge in [-0.25, -0.2) is 8.42 Å². The summed E-state index contributed by atoms with van der Waals surface area (Å²) in [5.41, 5.74) is 0. The van der Waals surface area contributed by atoms with Crippen molar-refractivity contribution < 1.29 is 52.4 Å². The van der Waals surface area contributed by atoms with E-state index in [0.717, 1.165) is 0 Å². The van der Waals surface area contributed by atoms with Crippen molar-refractivity contribution in [1.29, 1.82) is 0 Å². The second kappa shape index (κ2) is 8.67. The predicted octanol–water partition coefficient (Wildman–Crippen LogP) is -2.43. The summed E-state index contributed by atoms with van der Waals surface area (Å²) in [6, 6.07) is 0. The molecule has 0 spiro atoms. The third-order valence-corrected chi connectivity index (χ3v) is 2.32. The Kier molecular flexibility index (Phi) is 10.4. The molecule has 0 bridgehead atoms. The van der Waals surface area contributed by atoms with Crippen LogP contribution < -0.4 is 29.6 Å². The molecule has 0 rings (SSSR count). The van der Waals surface area contributed by atoms with Gasteiger partial charge in [-0.2, -0.15) is 0 Å². The van der Waals surface area contributed by atoms with Gasteiger partial charge in [0.2, 0.25) is 0 Å². The summed E-state index contributed by atoms with van der Waals surface area (Å²) in [5, 5.41) is 8.25. The molecule has 0 aliphatic heterocycles. The normalized spacial score (nSPS) is 10.6. The van der Waals surface area contributed by atoms with Crippen molar-refractivity contribution in [3.8, 4) is 0 Å². The number of carboxylic acid groups (broad SMARTS) is 1. The molecule has 0 saturated carbocycles. The van der Waals surface area contributed by atoms with Crippen LogP contribution in [0.4, 0.5) is 0 Å². The van der Waals surface area contributed by atoms with E-state index in [2.05, 4.69) is 0 Å². The quantitative estimate of drug-likeness (QED) is 0.299. The topological polar surface area (TPSA) is 94.5 Å². The molecule has 78 valence electrons. The molecule has 0 saturated heterocycles. The van der Waals surface area contributed by atoms with E-state index in [-0.39, 0.29) is 41.7 Å². The number of hydrogen-bond donors (Lipinski definition) is 1. The van der Waals surface area contributed by atoms with Crippen LogP contribution in [-0.2, 0) is 14.9 Å². The minimum atomic E-state index is -4.09. The molecule has 0 fully saturated rings. The number of carbonyl (C=O) groups is 1. The van der Waals surface area contributed by atoms with Crippen molar-refractivity contribution in [2.75, 3.05) is 5.75 Å². The van der Waals surface area contributed by atoms with Crippen LogP contribution in [0.25, 0.3) is 0 Å². The van der Waals surface area contributed by atoms with Crippen LogP contribution in [0, 0.1) is 0 Å². The molecular weight excluding hydrogens is 219 g/mol. The van der Waals surface area contributed by atoms with Crippen molar-refractivity contribution in [3.05, 3.63) is 0 Å². The molecule has 0 unspecified atom stereocenters. The first-order chi connectivity index (χ1) is 5.92. The van der Waals surface area contributed by atoms with E-state index in [4.69, 9.17) is 5.11 Å². The van der Waals surface area contributed by atoms with E-state index in [9.17, 15) is 17.8 Å². The van der Waals surface area contributed by atoms with Gasteiger partial charge in [0.1, 0.15) is 0 Å². The number of hydrogen-bond acceptors (Lipinski definition) is 4. The maximum atomic E-state index is 10.1. The summed E-state index contributed by atoms with van der Waals surface area (Å²) in [6.45, 7) is 0. The first-order valence-corrected chi connectivity index (χ1v) is 5.65. The second-order valence-electron chi connectivity index (χ2n) is 2.82. The van der Waals surface area contributed by atoms with Crippen molar-refractivity contribution in [2.45, 2.75) is 32.1 Å². The molecule has 0 aliphatic carbocycles. The monoisotopic (exact) mass is 232 g/mol. The minimum absolute atomic E-state index is 0. The molecule has 0 radical (unpaired) electrons. The molecule has 1 N–H and O–H groups in total. The molecule has 0 aliphatic rings. The maximum Gasteiger partial charge on any atom is 1.00 e. The first kappa shape index (κ1) is 16.8. The van der Waals surface area contributed by atoms with Gasteiger partial charge >= 0.3 is 35.5 Å². The third-order valence-electron chi connectivity index (χ3n) is 1.53. The van der Waals surface area contributed by atoms with Gasteiger partial charge in [0, 0.05) is 12.2 Å². The molecule has 0 amide bonds. The smallest absolute Gasteiger partial charge is 0.748 e. The Hall–Kier alpha value is 0.380. The summed E-state index contributed by atoms with van der Waals surface area (Å²) in [7, 11) is -4.09. The van der Waals surface area contributed by atoms with Crippen LogP contribution in [0.1, 0.15) is 32.1 Å². The van der Waals surface area contributed by atoms with Crippen LogP contribution in [-0.4, -0.2) is 29.8 Å². The average molecular weight is 232 g/mol. The van der Waals surface area contributed by atoms with Gasteiger partial charge < -0.3 is 9.66 Å². The molecule has 0 atom stereocenters. The van der Waals surface area contributed by atoms with E-state index in [1.54, 1.807) is 0 Å². The van der Waals surface area contributed by atoms with E-state index in [1.165, 1.54) is 0 Å². The van der Waals surface area contributed by atoms with Crippen LogP contribution in [0.5, 0.6) is 0 Å². The standard InChI is InChI=1S/C7H14O5S.Na/c8-7(9)5-3-1-2-4-6-13(10,11)12;/h1-6H2,(H,8,9)(H,10,11,12);/q;+1/p-1. The number of rotatable bonds is 7. The fraction of sp³-hybridized carbons (Fsp3) is 0.857. The fourth-order valence-electron chi connectivity index (χ4n) is 0.909. The van der Waals surface area contributed by atoms with Gasteiger partial charge in [0.15, 0.2) is 0 Å². The minimum Gasteiger partial charge on any atom is -0.748 e. The summed E-state index contributed by atoms with van der Waals surface area (Å²) in [4.78, 5) is 10.0. The summed E-state index contributed by atoms with van der Waals surface area (Å²) >= 11 is 0. The third kappa shape index (κ3) is 14.9. The summed E-state index contributed by atoms with van der Waals surface area (Å²) in [5.74, 6) is -1.20. The Bertz CT molecular complexity index is 249. The molecule has 0 aromatic rings. The maximum absolute atomic E-state index is 10.1. The van der Waals surface area contributed by atoms with Crippen LogP contribution in [0.3, 0.4) is 0 Å². The SMILES string of the molecule is O=C(O)CCCCCCS(=O)(=O)[O-].[Na+]. The number of unbranched alkanes of at least 4 members (excludes halogenated alkanes) is 3. The molecule has 0 aromatic carbocycles. The van der Waals surface area contributed by atoms with E-state index in [0.29, 0.717) is 25.7 Å². The van der Waals surface area contributed by atoms with E-state index in [1.807, 2.05) is 0 Å². The van der Waals surface area contributed by atoms with Crippen LogP contribution >= 0.6 is 0 Å². The molecule has 0 heterocycles. The van der Waals surface area contributed by atoms with Crippen LogP contribution in [0.15, 0.2) is 0 Å². The zero-order valence-electron chi connectivity index (χ0n) is 8.23. The molecule has 0 aromatic heterocycles. The van der Waals surface area contributed by atoms with E-state index < -0.39 is 16.1 Å². The Morgan fingerprint density at radius 3 is 2.07 bits per heavy atom. The Labute approximate surface area is 106 Å². The van der Waals surface area contributed by atoms with E-state index >= 15 is 0 Å². The zero-order valence-corrected chi connectivity index (χ0v) is 11.0. The average Bonchev–Trinajstić information content (AvgIpc) is 1.93. The van der Waals surface area contributed by atoms with Crippen molar-refractivity contribution in [2.24, 2.45) is 0 Å². The molecule has 7 heteroatoms. The van der Waals surface area contributed by atoms with Crippen molar-refractivity contribution in [1.82, 2.24) is 0 Å². The second-order valence-corrected chi connectivity index (χ2v) is 4.34. The number of aliphatic carboxylic acids is 1. The van der Waals surface area contributed by atoms with Gasteiger partial charge in [-0.05, 0) is 12.8 Å². The Morgan fingerprint density at radius 1 is 1.14 bits per heavy atom. The summed E-state index contributed by atoms with van der Waals surface area (Å²) in [6.07, 6.45) is 2.21.